The maximum atomic E-state index is 5.77. The van der Waals surface area contributed by atoms with Crippen LogP contribution >= 0.6 is 28.3 Å². The zero-order chi connectivity index (χ0) is 13.5. The van der Waals surface area contributed by atoms with Crippen LogP contribution in [0.2, 0.25) is 0 Å². The topological polar surface area (TPSA) is 30.5 Å². The molecule has 1 N–H and O–H groups in total. The SMILES string of the molecule is COCCNCCOc1ccc2ccccc2c1Br.Cl. The molecule has 0 atom stereocenters. The molecular weight excluding hydrogens is 342 g/mol. The van der Waals surface area contributed by atoms with Crippen molar-refractivity contribution in [3.05, 3.63) is 40.9 Å². The molecule has 0 saturated carbocycles. The van der Waals surface area contributed by atoms with Crippen molar-refractivity contribution in [2.45, 2.75) is 0 Å². The van der Waals surface area contributed by atoms with Crippen LogP contribution in [0, 0.1) is 0 Å². The van der Waals surface area contributed by atoms with E-state index in [2.05, 4.69) is 39.4 Å². The van der Waals surface area contributed by atoms with Gasteiger partial charge in [-0.3, -0.25) is 0 Å². The first-order valence-electron chi connectivity index (χ1n) is 6.32. The van der Waals surface area contributed by atoms with E-state index in [1.54, 1.807) is 7.11 Å². The summed E-state index contributed by atoms with van der Waals surface area (Å²) in [6.07, 6.45) is 0. The number of methoxy groups -OCH3 is 1. The third kappa shape index (κ3) is 4.63. The standard InChI is InChI=1S/C15H18BrNO2.ClH/c1-18-10-8-17-9-11-19-14-7-6-12-4-2-3-5-13(12)15(14)16;/h2-7,17H,8-11H2,1H3;1H. The Morgan fingerprint density at radius 3 is 2.60 bits per heavy atom. The summed E-state index contributed by atoms with van der Waals surface area (Å²) in [7, 11) is 1.70. The van der Waals surface area contributed by atoms with Gasteiger partial charge in [0, 0.05) is 20.2 Å². The lowest BCUT2D eigenvalue weighted by Gasteiger charge is -2.11. The molecule has 2 aromatic rings. The highest BCUT2D eigenvalue weighted by Crippen LogP contribution is 2.32. The Bertz CT molecular complexity index is 536. The Morgan fingerprint density at radius 2 is 1.80 bits per heavy atom. The van der Waals surface area contributed by atoms with E-state index in [0.717, 1.165) is 29.9 Å². The van der Waals surface area contributed by atoms with Gasteiger partial charge in [0.05, 0.1) is 11.1 Å². The third-order valence-electron chi connectivity index (χ3n) is 2.85. The van der Waals surface area contributed by atoms with Crippen LogP contribution in [-0.4, -0.2) is 33.4 Å². The number of benzene rings is 2. The van der Waals surface area contributed by atoms with Crippen LogP contribution in [0.25, 0.3) is 10.8 Å². The first-order valence-corrected chi connectivity index (χ1v) is 7.12. The minimum absolute atomic E-state index is 0. The molecule has 0 unspecified atom stereocenters. The summed E-state index contributed by atoms with van der Waals surface area (Å²) in [5.74, 6) is 0.882. The van der Waals surface area contributed by atoms with Gasteiger partial charge < -0.3 is 14.8 Å². The van der Waals surface area contributed by atoms with Crippen molar-refractivity contribution in [1.82, 2.24) is 5.32 Å². The molecule has 110 valence electrons. The lowest BCUT2D eigenvalue weighted by molar-refractivity contribution is 0.196. The smallest absolute Gasteiger partial charge is 0.134 e. The highest BCUT2D eigenvalue weighted by molar-refractivity contribution is 9.10. The number of nitrogens with one attached hydrogen (secondary N) is 1. The van der Waals surface area contributed by atoms with Crippen LogP contribution in [-0.2, 0) is 4.74 Å². The number of hydrogen-bond acceptors (Lipinski definition) is 3. The van der Waals surface area contributed by atoms with Gasteiger partial charge in [-0.2, -0.15) is 0 Å². The molecule has 0 radical (unpaired) electrons. The van der Waals surface area contributed by atoms with Gasteiger partial charge in [-0.15, -0.1) is 12.4 Å². The quantitative estimate of drug-likeness (QED) is 0.765. The minimum Gasteiger partial charge on any atom is -0.491 e. The fourth-order valence-electron chi connectivity index (χ4n) is 1.86. The number of fused-ring (bicyclic) bond motifs is 1. The van der Waals surface area contributed by atoms with Gasteiger partial charge >= 0.3 is 0 Å². The van der Waals surface area contributed by atoms with Gasteiger partial charge in [-0.1, -0.05) is 30.3 Å². The lowest BCUT2D eigenvalue weighted by atomic mass is 10.1. The Labute approximate surface area is 134 Å². The van der Waals surface area contributed by atoms with Gasteiger partial charge in [0.2, 0.25) is 0 Å². The van der Waals surface area contributed by atoms with Crippen LogP contribution in [0.4, 0.5) is 0 Å². The first-order chi connectivity index (χ1) is 9.33. The summed E-state index contributed by atoms with van der Waals surface area (Å²) in [6, 6.07) is 12.3. The Kier molecular flexibility index (Phi) is 7.92. The molecule has 0 aromatic heterocycles. The molecule has 0 fully saturated rings. The van der Waals surface area contributed by atoms with Crippen molar-refractivity contribution in [2.24, 2.45) is 0 Å². The number of rotatable bonds is 7. The van der Waals surface area contributed by atoms with Gasteiger partial charge in [0.25, 0.3) is 0 Å². The summed E-state index contributed by atoms with van der Waals surface area (Å²) in [5, 5.41) is 5.63. The van der Waals surface area contributed by atoms with E-state index in [1.807, 2.05) is 18.2 Å². The monoisotopic (exact) mass is 359 g/mol. The van der Waals surface area contributed by atoms with Crippen LogP contribution in [0.5, 0.6) is 5.75 Å². The minimum atomic E-state index is 0. The highest BCUT2D eigenvalue weighted by Gasteiger charge is 2.05. The summed E-state index contributed by atoms with van der Waals surface area (Å²) < 4.78 is 11.8. The van der Waals surface area contributed by atoms with E-state index in [1.165, 1.54) is 10.8 Å². The van der Waals surface area contributed by atoms with Crippen molar-refractivity contribution < 1.29 is 9.47 Å². The Balaban J connectivity index is 0.00000200. The van der Waals surface area contributed by atoms with Crippen LogP contribution in [0.3, 0.4) is 0 Å². The number of ether oxygens (including phenoxy) is 2. The number of hydrogen-bond donors (Lipinski definition) is 1. The molecule has 2 aromatic carbocycles. The molecule has 0 aliphatic heterocycles. The van der Waals surface area contributed by atoms with Gasteiger partial charge in [0.15, 0.2) is 0 Å². The van der Waals surface area contributed by atoms with Crippen molar-refractivity contribution in [1.29, 1.82) is 0 Å². The normalized spacial score (nSPS) is 10.3. The fourth-order valence-corrected chi connectivity index (χ4v) is 2.47. The van der Waals surface area contributed by atoms with Crippen LogP contribution in [0.1, 0.15) is 0 Å². The van der Waals surface area contributed by atoms with Gasteiger partial charge in [0.1, 0.15) is 12.4 Å². The van der Waals surface area contributed by atoms with E-state index in [0.29, 0.717) is 6.61 Å². The predicted molar refractivity (Wildman–Crippen MR) is 89.1 cm³/mol. The third-order valence-corrected chi connectivity index (χ3v) is 3.67. The largest absolute Gasteiger partial charge is 0.491 e. The molecule has 0 amide bonds. The van der Waals surface area contributed by atoms with Crippen molar-refractivity contribution in [3.63, 3.8) is 0 Å². The second kappa shape index (κ2) is 9.19. The first kappa shape index (κ1) is 17.2. The van der Waals surface area contributed by atoms with Crippen molar-refractivity contribution in [3.8, 4) is 5.75 Å². The molecule has 0 spiro atoms. The summed E-state index contributed by atoms with van der Waals surface area (Å²) in [4.78, 5) is 0. The predicted octanol–water partition coefficient (Wildman–Crippen LogP) is 3.64. The van der Waals surface area contributed by atoms with E-state index < -0.39 is 0 Å². The maximum Gasteiger partial charge on any atom is 0.134 e. The zero-order valence-corrected chi connectivity index (χ0v) is 13.8. The molecule has 0 bridgehead atoms. The Hall–Kier alpha value is -0.810. The molecule has 0 aliphatic rings. The summed E-state index contributed by atoms with van der Waals surface area (Å²) in [6.45, 7) is 3.02. The molecule has 20 heavy (non-hydrogen) atoms. The average molecular weight is 361 g/mol. The van der Waals surface area contributed by atoms with Crippen LogP contribution < -0.4 is 10.1 Å². The average Bonchev–Trinajstić information content (AvgIpc) is 2.45. The summed E-state index contributed by atoms with van der Waals surface area (Å²) in [5.41, 5.74) is 0. The zero-order valence-electron chi connectivity index (χ0n) is 11.4. The van der Waals surface area contributed by atoms with Gasteiger partial charge in [-0.05, 0) is 32.8 Å². The van der Waals surface area contributed by atoms with E-state index >= 15 is 0 Å². The van der Waals surface area contributed by atoms with E-state index in [4.69, 9.17) is 9.47 Å². The lowest BCUT2D eigenvalue weighted by Crippen LogP contribution is -2.24. The van der Waals surface area contributed by atoms with Crippen LogP contribution in [0.15, 0.2) is 40.9 Å². The second-order valence-corrected chi connectivity index (χ2v) is 4.98. The summed E-state index contributed by atoms with van der Waals surface area (Å²) >= 11 is 3.61. The molecular formula is C15H19BrClNO2. The van der Waals surface area contributed by atoms with E-state index in [9.17, 15) is 0 Å². The van der Waals surface area contributed by atoms with Crippen molar-refractivity contribution >= 4 is 39.1 Å². The second-order valence-electron chi connectivity index (χ2n) is 4.19. The molecule has 0 heterocycles. The molecule has 2 rings (SSSR count). The maximum absolute atomic E-state index is 5.77. The highest BCUT2D eigenvalue weighted by atomic mass is 79.9. The molecule has 0 saturated heterocycles. The fraction of sp³-hybridized carbons (Fsp3) is 0.333. The molecule has 5 heteroatoms. The van der Waals surface area contributed by atoms with Gasteiger partial charge in [-0.25, -0.2) is 0 Å². The number of halogens is 2. The van der Waals surface area contributed by atoms with E-state index in [-0.39, 0.29) is 12.4 Å². The van der Waals surface area contributed by atoms with Crippen molar-refractivity contribution in [2.75, 3.05) is 33.4 Å². The Morgan fingerprint density at radius 1 is 1.05 bits per heavy atom. The molecule has 0 aliphatic carbocycles. The molecule has 3 nitrogen and oxygen atoms in total.